The molecule has 1 spiro atoms. The standard InChI is InChI=1S/C17H18ClN3O3/c18-14-1-3-15(4-2-14)21-12-13(11-19-21)16(22)20-7-5-17(6-8-20)23-9-10-24-17/h1-4,11-12H,5-10H2. The van der Waals surface area contributed by atoms with Crippen LogP contribution in [0, 0.1) is 0 Å². The number of hydrogen-bond donors (Lipinski definition) is 0. The zero-order valence-corrected chi connectivity index (χ0v) is 13.9. The Bertz CT molecular complexity index is 728. The number of amides is 1. The Kier molecular flexibility index (Phi) is 4.04. The monoisotopic (exact) mass is 347 g/mol. The Morgan fingerprint density at radius 2 is 1.79 bits per heavy atom. The van der Waals surface area contributed by atoms with Crippen LogP contribution in [0.5, 0.6) is 0 Å². The van der Waals surface area contributed by atoms with Crippen LogP contribution in [0.3, 0.4) is 0 Å². The molecule has 2 aliphatic heterocycles. The minimum absolute atomic E-state index is 0.0111. The number of nitrogens with zero attached hydrogens (tertiary/aromatic N) is 3. The molecular formula is C17H18ClN3O3. The van der Waals surface area contributed by atoms with Crippen molar-refractivity contribution in [2.45, 2.75) is 18.6 Å². The van der Waals surface area contributed by atoms with Gasteiger partial charge in [-0.3, -0.25) is 4.79 Å². The van der Waals surface area contributed by atoms with E-state index in [1.165, 1.54) is 0 Å². The number of hydrogen-bond acceptors (Lipinski definition) is 4. The first kappa shape index (κ1) is 15.6. The van der Waals surface area contributed by atoms with Gasteiger partial charge in [-0.05, 0) is 24.3 Å². The Labute approximate surface area is 144 Å². The number of rotatable bonds is 2. The number of aromatic nitrogens is 2. The molecule has 6 nitrogen and oxygen atoms in total. The summed E-state index contributed by atoms with van der Waals surface area (Å²) in [6.07, 6.45) is 4.77. The van der Waals surface area contributed by atoms with Crippen LogP contribution in [-0.4, -0.2) is 52.7 Å². The highest BCUT2D eigenvalue weighted by Crippen LogP contribution is 2.31. The molecule has 1 aromatic heterocycles. The average Bonchev–Trinajstić information content (AvgIpc) is 3.26. The summed E-state index contributed by atoms with van der Waals surface area (Å²) in [5.41, 5.74) is 1.44. The van der Waals surface area contributed by atoms with Crippen LogP contribution in [0.2, 0.25) is 5.02 Å². The maximum absolute atomic E-state index is 12.7. The number of halogens is 1. The van der Waals surface area contributed by atoms with Crippen molar-refractivity contribution >= 4 is 17.5 Å². The normalized spacial score (nSPS) is 19.8. The van der Waals surface area contributed by atoms with Crippen LogP contribution in [0.15, 0.2) is 36.7 Å². The van der Waals surface area contributed by atoms with Crippen LogP contribution >= 0.6 is 11.6 Å². The fourth-order valence-corrected chi connectivity index (χ4v) is 3.31. The van der Waals surface area contributed by atoms with Gasteiger partial charge in [-0.25, -0.2) is 4.68 Å². The van der Waals surface area contributed by atoms with E-state index >= 15 is 0 Å². The molecule has 2 saturated heterocycles. The van der Waals surface area contributed by atoms with Crippen molar-refractivity contribution in [3.63, 3.8) is 0 Å². The summed E-state index contributed by atoms with van der Waals surface area (Å²) in [4.78, 5) is 14.5. The summed E-state index contributed by atoms with van der Waals surface area (Å²) >= 11 is 5.90. The summed E-state index contributed by atoms with van der Waals surface area (Å²) in [6, 6.07) is 7.32. The van der Waals surface area contributed by atoms with Gasteiger partial charge in [0, 0.05) is 37.2 Å². The van der Waals surface area contributed by atoms with Gasteiger partial charge in [0.15, 0.2) is 5.79 Å². The molecule has 3 heterocycles. The van der Waals surface area contributed by atoms with E-state index in [4.69, 9.17) is 21.1 Å². The summed E-state index contributed by atoms with van der Waals surface area (Å²) in [6.45, 7) is 2.54. The third kappa shape index (κ3) is 2.92. The fourth-order valence-electron chi connectivity index (χ4n) is 3.19. The Morgan fingerprint density at radius 3 is 2.46 bits per heavy atom. The highest BCUT2D eigenvalue weighted by molar-refractivity contribution is 6.30. The molecule has 126 valence electrons. The van der Waals surface area contributed by atoms with Crippen LogP contribution < -0.4 is 0 Å². The first-order valence-electron chi connectivity index (χ1n) is 8.03. The van der Waals surface area contributed by atoms with E-state index in [1.807, 2.05) is 17.0 Å². The molecule has 4 rings (SSSR count). The molecular weight excluding hydrogens is 330 g/mol. The van der Waals surface area contributed by atoms with Crippen molar-refractivity contribution in [3.05, 3.63) is 47.2 Å². The molecule has 2 aliphatic rings. The summed E-state index contributed by atoms with van der Waals surface area (Å²) < 4.78 is 13.1. The molecule has 0 N–H and O–H groups in total. The molecule has 0 aliphatic carbocycles. The number of benzene rings is 1. The summed E-state index contributed by atoms with van der Waals surface area (Å²) in [7, 11) is 0. The van der Waals surface area contributed by atoms with Crippen LogP contribution in [0.4, 0.5) is 0 Å². The lowest BCUT2D eigenvalue weighted by molar-refractivity contribution is -0.181. The first-order chi connectivity index (χ1) is 11.7. The van der Waals surface area contributed by atoms with Crippen molar-refractivity contribution in [1.29, 1.82) is 0 Å². The zero-order chi connectivity index (χ0) is 16.6. The van der Waals surface area contributed by atoms with Gasteiger partial charge in [0.05, 0.1) is 30.7 Å². The van der Waals surface area contributed by atoms with E-state index < -0.39 is 5.79 Å². The first-order valence-corrected chi connectivity index (χ1v) is 8.41. The van der Waals surface area contributed by atoms with Gasteiger partial charge in [0.25, 0.3) is 5.91 Å². The van der Waals surface area contributed by atoms with Crippen LogP contribution in [-0.2, 0) is 9.47 Å². The van der Waals surface area contributed by atoms with E-state index in [1.54, 1.807) is 29.2 Å². The van der Waals surface area contributed by atoms with Crippen molar-refractivity contribution in [3.8, 4) is 5.69 Å². The fraction of sp³-hybridized carbons (Fsp3) is 0.412. The van der Waals surface area contributed by atoms with E-state index in [9.17, 15) is 4.79 Å². The van der Waals surface area contributed by atoms with Crippen molar-refractivity contribution < 1.29 is 14.3 Å². The van der Waals surface area contributed by atoms with E-state index in [0.29, 0.717) is 49.7 Å². The molecule has 0 atom stereocenters. The number of carbonyl (C=O) groups is 1. The highest BCUT2D eigenvalue weighted by atomic mass is 35.5. The van der Waals surface area contributed by atoms with Gasteiger partial charge >= 0.3 is 0 Å². The number of likely N-dealkylation sites (tertiary alicyclic amines) is 1. The second-order valence-corrected chi connectivity index (χ2v) is 6.49. The van der Waals surface area contributed by atoms with Gasteiger partial charge in [0.1, 0.15) is 0 Å². The van der Waals surface area contributed by atoms with E-state index in [0.717, 1.165) is 5.69 Å². The molecule has 2 aromatic rings. The third-order valence-electron chi connectivity index (χ3n) is 4.55. The highest BCUT2D eigenvalue weighted by Gasteiger charge is 2.40. The van der Waals surface area contributed by atoms with Gasteiger partial charge in [-0.1, -0.05) is 11.6 Å². The molecule has 7 heteroatoms. The second-order valence-electron chi connectivity index (χ2n) is 6.05. The van der Waals surface area contributed by atoms with Crippen LogP contribution in [0.25, 0.3) is 5.69 Å². The van der Waals surface area contributed by atoms with Gasteiger partial charge < -0.3 is 14.4 Å². The van der Waals surface area contributed by atoms with Crippen molar-refractivity contribution in [1.82, 2.24) is 14.7 Å². The lowest BCUT2D eigenvalue weighted by atomic mass is 10.0. The molecule has 0 unspecified atom stereocenters. The Morgan fingerprint density at radius 1 is 1.12 bits per heavy atom. The second kappa shape index (κ2) is 6.20. The maximum Gasteiger partial charge on any atom is 0.257 e. The molecule has 24 heavy (non-hydrogen) atoms. The topological polar surface area (TPSA) is 56.6 Å². The summed E-state index contributed by atoms with van der Waals surface area (Å²) in [5.74, 6) is -0.479. The summed E-state index contributed by atoms with van der Waals surface area (Å²) in [5, 5.41) is 4.95. The van der Waals surface area contributed by atoms with Gasteiger partial charge in [-0.15, -0.1) is 0 Å². The lowest BCUT2D eigenvalue weighted by Crippen LogP contribution is -2.47. The zero-order valence-electron chi connectivity index (χ0n) is 13.2. The molecule has 1 amide bonds. The average molecular weight is 348 g/mol. The molecule has 2 fully saturated rings. The quantitative estimate of drug-likeness (QED) is 0.837. The minimum Gasteiger partial charge on any atom is -0.347 e. The molecule has 0 radical (unpaired) electrons. The largest absolute Gasteiger partial charge is 0.347 e. The molecule has 1 aromatic carbocycles. The predicted molar refractivity (Wildman–Crippen MR) is 88.3 cm³/mol. The van der Waals surface area contributed by atoms with Crippen LogP contribution in [0.1, 0.15) is 23.2 Å². The minimum atomic E-state index is -0.468. The lowest BCUT2D eigenvalue weighted by Gasteiger charge is -2.37. The van der Waals surface area contributed by atoms with E-state index in [2.05, 4.69) is 5.10 Å². The molecule has 0 saturated carbocycles. The van der Waals surface area contributed by atoms with Gasteiger partial charge in [-0.2, -0.15) is 5.10 Å². The SMILES string of the molecule is O=C(c1cnn(-c2ccc(Cl)cc2)c1)N1CCC2(CC1)OCCO2. The van der Waals surface area contributed by atoms with Crippen molar-refractivity contribution in [2.24, 2.45) is 0 Å². The smallest absolute Gasteiger partial charge is 0.257 e. The Hall–Kier alpha value is -1.89. The van der Waals surface area contributed by atoms with Gasteiger partial charge in [0.2, 0.25) is 0 Å². The maximum atomic E-state index is 12.7. The molecule has 0 bridgehead atoms. The number of carbonyl (C=O) groups excluding carboxylic acids is 1. The number of ether oxygens (including phenoxy) is 2. The van der Waals surface area contributed by atoms with Crippen molar-refractivity contribution in [2.75, 3.05) is 26.3 Å². The predicted octanol–water partition coefficient (Wildman–Crippen LogP) is 2.50. The third-order valence-corrected chi connectivity index (χ3v) is 4.80. The van der Waals surface area contributed by atoms with E-state index in [-0.39, 0.29) is 5.91 Å². The Balaban J connectivity index is 1.45. The number of piperidine rings is 1.